The van der Waals surface area contributed by atoms with Gasteiger partial charge in [-0.05, 0) is 72.8 Å². The first-order valence-corrected chi connectivity index (χ1v) is 17.0. The lowest BCUT2D eigenvalue weighted by Crippen LogP contribution is -2.09. The van der Waals surface area contributed by atoms with Crippen molar-refractivity contribution in [2.75, 3.05) is 4.90 Å². The van der Waals surface area contributed by atoms with E-state index in [4.69, 9.17) is 18.2 Å². The van der Waals surface area contributed by atoms with E-state index in [1.165, 1.54) is 20.2 Å². The van der Waals surface area contributed by atoms with Gasteiger partial charge in [-0.15, -0.1) is 11.3 Å². The van der Waals surface area contributed by atoms with Crippen molar-refractivity contribution in [2.45, 2.75) is 0 Å². The fourth-order valence-corrected chi connectivity index (χ4v) is 8.37. The zero-order valence-corrected chi connectivity index (χ0v) is 26.7. The molecule has 0 radical (unpaired) electrons. The second-order valence-electron chi connectivity index (χ2n) is 12.3. The molecule has 11 rings (SSSR count). The van der Waals surface area contributed by atoms with Crippen LogP contribution in [0.4, 0.5) is 17.1 Å². The molecular formula is C43H24N2O3S. The van der Waals surface area contributed by atoms with E-state index in [-0.39, 0.29) is 0 Å². The van der Waals surface area contributed by atoms with Gasteiger partial charge < -0.3 is 18.2 Å². The molecule has 230 valence electrons. The van der Waals surface area contributed by atoms with Crippen molar-refractivity contribution in [3.8, 4) is 11.5 Å². The van der Waals surface area contributed by atoms with Crippen LogP contribution >= 0.6 is 11.3 Å². The summed E-state index contributed by atoms with van der Waals surface area (Å²) < 4.78 is 21.8. The molecule has 49 heavy (non-hydrogen) atoms. The van der Waals surface area contributed by atoms with E-state index in [0.29, 0.717) is 5.89 Å². The van der Waals surface area contributed by atoms with Crippen LogP contribution in [0, 0.1) is 0 Å². The number of furan rings is 2. The number of hydrogen-bond acceptors (Lipinski definition) is 6. The molecule has 4 aromatic heterocycles. The number of hydrogen-bond donors (Lipinski definition) is 0. The van der Waals surface area contributed by atoms with Crippen LogP contribution < -0.4 is 4.90 Å². The third-order valence-electron chi connectivity index (χ3n) is 9.49. The van der Waals surface area contributed by atoms with Gasteiger partial charge >= 0.3 is 0 Å². The Balaban J connectivity index is 1.11. The van der Waals surface area contributed by atoms with E-state index in [1.54, 1.807) is 0 Å². The Morgan fingerprint density at radius 1 is 0.449 bits per heavy atom. The average molecular weight is 649 g/mol. The van der Waals surface area contributed by atoms with E-state index in [2.05, 4.69) is 95.9 Å². The van der Waals surface area contributed by atoms with Crippen molar-refractivity contribution >= 4 is 104 Å². The highest BCUT2D eigenvalue weighted by Gasteiger charge is 2.21. The summed E-state index contributed by atoms with van der Waals surface area (Å²) in [5.41, 5.74) is 8.75. The topological polar surface area (TPSA) is 55.6 Å². The van der Waals surface area contributed by atoms with Crippen LogP contribution in [0.15, 0.2) is 159 Å². The Morgan fingerprint density at radius 2 is 1.08 bits per heavy atom. The predicted molar refractivity (Wildman–Crippen MR) is 202 cm³/mol. The van der Waals surface area contributed by atoms with Gasteiger partial charge in [0.1, 0.15) is 27.8 Å². The lowest BCUT2D eigenvalue weighted by atomic mass is 10.1. The number of rotatable bonds is 4. The van der Waals surface area contributed by atoms with Crippen molar-refractivity contribution in [1.82, 2.24) is 4.98 Å². The molecule has 7 aromatic carbocycles. The van der Waals surface area contributed by atoms with Gasteiger partial charge in [-0.25, -0.2) is 4.98 Å². The molecule has 5 nitrogen and oxygen atoms in total. The third-order valence-corrected chi connectivity index (χ3v) is 10.6. The van der Waals surface area contributed by atoms with Gasteiger partial charge in [0, 0.05) is 71.1 Å². The zero-order valence-electron chi connectivity index (χ0n) is 25.9. The lowest BCUT2D eigenvalue weighted by molar-refractivity contribution is 0.622. The molecule has 0 fully saturated rings. The number of para-hydroxylation sites is 1. The summed E-state index contributed by atoms with van der Waals surface area (Å²) in [7, 11) is 0. The van der Waals surface area contributed by atoms with Gasteiger partial charge in [-0.1, -0.05) is 60.7 Å². The quantitative estimate of drug-likeness (QED) is 0.190. The summed E-state index contributed by atoms with van der Waals surface area (Å²) in [5, 5.41) is 6.65. The van der Waals surface area contributed by atoms with Crippen LogP contribution in [-0.2, 0) is 0 Å². The molecule has 4 heterocycles. The third kappa shape index (κ3) is 4.01. The van der Waals surface area contributed by atoms with Crippen LogP contribution in [0.25, 0.3) is 86.6 Å². The van der Waals surface area contributed by atoms with Crippen LogP contribution in [0.5, 0.6) is 0 Å². The second-order valence-corrected chi connectivity index (χ2v) is 13.4. The average Bonchev–Trinajstić information content (AvgIpc) is 3.92. The molecule has 0 aliphatic rings. The number of nitrogens with zero attached hydrogens (tertiary/aromatic N) is 2. The largest absolute Gasteiger partial charge is 0.456 e. The minimum absolute atomic E-state index is 0.595. The summed E-state index contributed by atoms with van der Waals surface area (Å²) >= 11 is 1.82. The summed E-state index contributed by atoms with van der Waals surface area (Å²) in [4.78, 5) is 7.08. The fraction of sp³-hybridized carbons (Fsp3) is 0. The molecule has 0 atom stereocenters. The normalized spacial score (nSPS) is 12.1. The summed E-state index contributed by atoms with van der Waals surface area (Å²) in [6, 6.07) is 50.3. The zero-order chi connectivity index (χ0) is 32.1. The minimum atomic E-state index is 0.595. The highest BCUT2D eigenvalue weighted by atomic mass is 32.1. The molecule has 0 spiro atoms. The van der Waals surface area contributed by atoms with Crippen molar-refractivity contribution < 1.29 is 13.3 Å². The number of benzene rings is 7. The Bertz CT molecular complexity index is 2960. The van der Waals surface area contributed by atoms with Crippen molar-refractivity contribution in [1.29, 1.82) is 0 Å². The van der Waals surface area contributed by atoms with Gasteiger partial charge in [0.15, 0.2) is 5.58 Å². The molecule has 0 N–H and O–H groups in total. The standard InChI is InChI=1S/C43H24N2O3S/c1-2-8-25(9-3-1)43-44-34-20-21-36-41(42(34)48-43)33-19-16-27(23-38(33)47-36)45(26-14-17-30-29-10-4-6-12-35(29)46-37(30)22-26)28-15-18-32-31-11-5-7-13-39(31)49-40(32)24-28/h1-24H. The van der Waals surface area contributed by atoms with Crippen molar-refractivity contribution in [3.05, 3.63) is 146 Å². The fourth-order valence-electron chi connectivity index (χ4n) is 7.23. The SMILES string of the molecule is c1ccc(-c2nc3ccc4oc5cc(N(c6ccc7c(c6)oc6ccccc67)c6ccc7c(c6)sc6ccccc67)ccc5c4c3o2)cc1. The Hall–Kier alpha value is -6.37. The molecule has 0 saturated heterocycles. The second kappa shape index (κ2) is 10.1. The van der Waals surface area contributed by atoms with Gasteiger partial charge in [-0.2, -0.15) is 0 Å². The minimum Gasteiger partial charge on any atom is -0.456 e. The highest BCUT2D eigenvalue weighted by Crippen LogP contribution is 2.44. The predicted octanol–water partition coefficient (Wildman–Crippen LogP) is 13.1. The molecule has 0 unspecified atom stereocenters. The number of oxazole rings is 1. The number of aromatic nitrogens is 1. The van der Waals surface area contributed by atoms with E-state index >= 15 is 0 Å². The van der Waals surface area contributed by atoms with E-state index in [1.807, 2.05) is 65.9 Å². The smallest absolute Gasteiger partial charge is 0.227 e. The molecule has 0 aliphatic carbocycles. The van der Waals surface area contributed by atoms with Crippen molar-refractivity contribution in [3.63, 3.8) is 0 Å². The van der Waals surface area contributed by atoms with Crippen molar-refractivity contribution in [2.24, 2.45) is 0 Å². The molecule has 6 heteroatoms. The van der Waals surface area contributed by atoms with Gasteiger partial charge in [-0.3, -0.25) is 0 Å². The van der Waals surface area contributed by atoms with Crippen LogP contribution in [-0.4, -0.2) is 4.98 Å². The molecule has 0 amide bonds. The van der Waals surface area contributed by atoms with Gasteiger partial charge in [0.05, 0.1) is 5.39 Å². The first-order chi connectivity index (χ1) is 24.2. The maximum Gasteiger partial charge on any atom is 0.227 e. The summed E-state index contributed by atoms with van der Waals surface area (Å²) in [6.07, 6.45) is 0. The number of fused-ring (bicyclic) bond motifs is 11. The molecule has 0 bridgehead atoms. The first-order valence-electron chi connectivity index (χ1n) is 16.2. The summed E-state index contributed by atoms with van der Waals surface area (Å²) in [5.74, 6) is 0.595. The Kier molecular flexibility index (Phi) is 5.48. The number of thiophene rings is 1. The number of anilines is 3. The Labute approximate surface area is 282 Å². The van der Waals surface area contributed by atoms with Crippen LogP contribution in [0.2, 0.25) is 0 Å². The highest BCUT2D eigenvalue weighted by molar-refractivity contribution is 7.25. The monoisotopic (exact) mass is 648 g/mol. The molecule has 11 aromatic rings. The van der Waals surface area contributed by atoms with Crippen LogP contribution in [0.3, 0.4) is 0 Å². The summed E-state index contributed by atoms with van der Waals surface area (Å²) in [6.45, 7) is 0. The maximum absolute atomic E-state index is 6.53. The lowest BCUT2D eigenvalue weighted by Gasteiger charge is -2.25. The molecule has 0 saturated carbocycles. The van der Waals surface area contributed by atoms with Gasteiger partial charge in [0.25, 0.3) is 0 Å². The van der Waals surface area contributed by atoms with E-state index < -0.39 is 0 Å². The Morgan fingerprint density at radius 3 is 1.94 bits per heavy atom. The van der Waals surface area contributed by atoms with Crippen LogP contribution in [0.1, 0.15) is 0 Å². The van der Waals surface area contributed by atoms with E-state index in [0.717, 1.165) is 77.6 Å². The van der Waals surface area contributed by atoms with Gasteiger partial charge in [0.2, 0.25) is 5.89 Å². The molecular weight excluding hydrogens is 625 g/mol. The maximum atomic E-state index is 6.53. The van der Waals surface area contributed by atoms with E-state index in [9.17, 15) is 0 Å². The molecule has 0 aliphatic heterocycles. The first kappa shape index (κ1) is 26.7.